The molecule has 0 radical (unpaired) electrons. The Morgan fingerprint density at radius 3 is 2.72 bits per heavy atom. The summed E-state index contributed by atoms with van der Waals surface area (Å²) < 4.78 is 11.8. The van der Waals surface area contributed by atoms with Crippen LogP contribution in [0.2, 0.25) is 0 Å². The van der Waals surface area contributed by atoms with Gasteiger partial charge in [-0.25, -0.2) is 4.98 Å². The number of aryl methyl sites for hydroxylation is 1. The van der Waals surface area contributed by atoms with Crippen LogP contribution in [0.3, 0.4) is 0 Å². The van der Waals surface area contributed by atoms with E-state index in [1.807, 2.05) is 38.1 Å². The number of carbonyl (C=O) groups excluding carboxylic acids is 2. The van der Waals surface area contributed by atoms with Gasteiger partial charge in [-0.15, -0.1) is 11.3 Å². The summed E-state index contributed by atoms with van der Waals surface area (Å²) in [5.74, 6) is -0.544. The lowest BCUT2D eigenvalue weighted by atomic mass is 10.2. The molecule has 2 unspecified atom stereocenters. The lowest BCUT2D eigenvalue weighted by Crippen LogP contribution is -2.49. The summed E-state index contributed by atoms with van der Waals surface area (Å²) in [7, 11) is 0. The molecule has 6 nitrogen and oxygen atoms in total. The van der Waals surface area contributed by atoms with Crippen molar-refractivity contribution in [3.8, 4) is 0 Å². The van der Waals surface area contributed by atoms with Gasteiger partial charge in [-0.3, -0.25) is 9.59 Å². The molecule has 134 valence electrons. The van der Waals surface area contributed by atoms with Gasteiger partial charge >= 0.3 is 5.97 Å². The second-order valence-corrected chi connectivity index (χ2v) is 7.41. The minimum Gasteiger partial charge on any atom is -0.456 e. The minimum atomic E-state index is -0.373. The van der Waals surface area contributed by atoms with Crippen LogP contribution < -0.4 is 0 Å². The lowest BCUT2D eigenvalue weighted by molar-refractivity contribution is -0.157. The summed E-state index contributed by atoms with van der Waals surface area (Å²) in [6, 6.07) is 7.88. The highest BCUT2D eigenvalue weighted by Gasteiger charge is 2.26. The van der Waals surface area contributed by atoms with E-state index in [2.05, 4.69) is 4.98 Å². The van der Waals surface area contributed by atoms with E-state index < -0.39 is 0 Å². The Hall–Kier alpha value is -1.99. The number of rotatable bonds is 5. The number of ether oxygens (including phenoxy) is 2. The molecule has 1 amide bonds. The second kappa shape index (κ2) is 7.93. The summed E-state index contributed by atoms with van der Waals surface area (Å²) in [5, 5.41) is 0.903. The Bertz CT molecular complexity index is 717. The molecule has 1 fully saturated rings. The van der Waals surface area contributed by atoms with Gasteiger partial charge in [0.15, 0.2) is 6.61 Å². The van der Waals surface area contributed by atoms with E-state index in [1.54, 1.807) is 16.2 Å². The molecular formula is C18H22N2O4S. The fourth-order valence-electron chi connectivity index (χ4n) is 2.92. The first-order valence-corrected chi connectivity index (χ1v) is 9.26. The number of nitrogens with zero attached hydrogens (tertiary/aromatic N) is 2. The van der Waals surface area contributed by atoms with Gasteiger partial charge in [0.2, 0.25) is 0 Å². The molecule has 0 saturated carbocycles. The maximum atomic E-state index is 12.2. The number of aromatic nitrogens is 1. The van der Waals surface area contributed by atoms with Gasteiger partial charge in [0, 0.05) is 19.5 Å². The summed E-state index contributed by atoms with van der Waals surface area (Å²) >= 11 is 1.58. The van der Waals surface area contributed by atoms with Crippen LogP contribution in [0, 0.1) is 0 Å². The van der Waals surface area contributed by atoms with Crippen LogP contribution in [-0.2, 0) is 25.5 Å². The van der Waals surface area contributed by atoms with Gasteiger partial charge in [0.25, 0.3) is 5.91 Å². The third-order valence-electron chi connectivity index (χ3n) is 4.01. The van der Waals surface area contributed by atoms with Crippen LogP contribution in [0.5, 0.6) is 0 Å². The monoisotopic (exact) mass is 362 g/mol. The van der Waals surface area contributed by atoms with Crippen molar-refractivity contribution in [2.24, 2.45) is 0 Å². The number of thiazole rings is 1. The van der Waals surface area contributed by atoms with Crippen LogP contribution in [0.25, 0.3) is 10.2 Å². The molecule has 1 aromatic heterocycles. The summed E-state index contributed by atoms with van der Waals surface area (Å²) in [4.78, 5) is 30.3. The van der Waals surface area contributed by atoms with Gasteiger partial charge in [0.1, 0.15) is 0 Å². The van der Waals surface area contributed by atoms with Crippen LogP contribution in [0.4, 0.5) is 0 Å². The van der Waals surface area contributed by atoms with Crippen molar-refractivity contribution in [1.29, 1.82) is 0 Å². The number of hydrogen-bond acceptors (Lipinski definition) is 6. The summed E-state index contributed by atoms with van der Waals surface area (Å²) in [6.45, 7) is 4.72. The number of benzene rings is 1. The Labute approximate surface area is 150 Å². The number of fused-ring (bicyclic) bond motifs is 1. The molecule has 0 bridgehead atoms. The van der Waals surface area contributed by atoms with Gasteiger partial charge in [-0.2, -0.15) is 0 Å². The number of esters is 1. The Morgan fingerprint density at radius 2 is 2.00 bits per heavy atom. The Balaban J connectivity index is 1.44. The van der Waals surface area contributed by atoms with Crippen molar-refractivity contribution < 1.29 is 19.1 Å². The molecule has 0 N–H and O–H groups in total. The first kappa shape index (κ1) is 17.8. The molecule has 1 aliphatic heterocycles. The maximum absolute atomic E-state index is 12.2. The van der Waals surface area contributed by atoms with Crippen molar-refractivity contribution in [2.45, 2.75) is 38.9 Å². The predicted molar refractivity (Wildman–Crippen MR) is 95.5 cm³/mol. The largest absolute Gasteiger partial charge is 0.456 e. The topological polar surface area (TPSA) is 68.7 Å². The van der Waals surface area contributed by atoms with Gasteiger partial charge in [-0.05, 0) is 26.0 Å². The van der Waals surface area contributed by atoms with Crippen LogP contribution in [-0.4, -0.2) is 53.7 Å². The maximum Gasteiger partial charge on any atom is 0.306 e. The fraction of sp³-hybridized carbons (Fsp3) is 0.500. The Kier molecular flexibility index (Phi) is 5.65. The molecule has 0 spiro atoms. The highest BCUT2D eigenvalue weighted by molar-refractivity contribution is 7.18. The first-order valence-electron chi connectivity index (χ1n) is 8.44. The minimum absolute atomic E-state index is 0.00226. The number of carbonyl (C=O) groups is 2. The predicted octanol–water partition coefficient (Wildman–Crippen LogP) is 2.41. The van der Waals surface area contributed by atoms with E-state index in [9.17, 15) is 9.59 Å². The lowest BCUT2D eigenvalue weighted by Gasteiger charge is -2.35. The third kappa shape index (κ3) is 4.76. The molecule has 1 aliphatic rings. The van der Waals surface area contributed by atoms with Crippen molar-refractivity contribution in [3.05, 3.63) is 29.3 Å². The standard InChI is InChI=1S/C18H22N2O4S/c1-12-9-20(10-13(2)24-12)17(21)11-23-18(22)8-7-16-19-14-5-3-4-6-15(14)25-16/h3-6,12-13H,7-11H2,1-2H3. The number of hydrogen-bond donors (Lipinski definition) is 0. The average molecular weight is 362 g/mol. The van der Waals surface area contributed by atoms with Gasteiger partial charge in [0.05, 0.1) is 33.9 Å². The van der Waals surface area contributed by atoms with E-state index >= 15 is 0 Å². The molecule has 2 heterocycles. The molecular weight excluding hydrogens is 340 g/mol. The first-order chi connectivity index (χ1) is 12.0. The molecule has 7 heteroatoms. The normalized spacial score (nSPS) is 20.6. The van der Waals surface area contributed by atoms with E-state index in [1.165, 1.54) is 0 Å². The highest BCUT2D eigenvalue weighted by atomic mass is 32.1. The second-order valence-electron chi connectivity index (χ2n) is 6.29. The van der Waals surface area contributed by atoms with Crippen LogP contribution in [0.1, 0.15) is 25.3 Å². The molecule has 3 rings (SSSR count). The highest BCUT2D eigenvalue weighted by Crippen LogP contribution is 2.22. The molecule has 0 aliphatic carbocycles. The summed E-state index contributed by atoms with van der Waals surface area (Å²) in [6.07, 6.45) is 0.756. The molecule has 2 atom stereocenters. The van der Waals surface area contributed by atoms with Gasteiger partial charge in [-0.1, -0.05) is 12.1 Å². The Morgan fingerprint density at radius 1 is 1.28 bits per heavy atom. The zero-order valence-corrected chi connectivity index (χ0v) is 15.3. The molecule has 2 aromatic rings. The van der Waals surface area contributed by atoms with Crippen molar-refractivity contribution in [1.82, 2.24) is 9.88 Å². The smallest absolute Gasteiger partial charge is 0.306 e. The molecule has 1 saturated heterocycles. The van der Waals surface area contributed by atoms with E-state index in [4.69, 9.17) is 9.47 Å². The molecule has 1 aromatic carbocycles. The average Bonchev–Trinajstić information content (AvgIpc) is 3.00. The zero-order chi connectivity index (χ0) is 17.8. The number of amides is 1. The number of para-hydroxylation sites is 1. The van der Waals surface area contributed by atoms with Crippen molar-refractivity contribution >= 4 is 33.4 Å². The zero-order valence-electron chi connectivity index (χ0n) is 14.4. The van der Waals surface area contributed by atoms with Crippen molar-refractivity contribution in [2.75, 3.05) is 19.7 Å². The van der Waals surface area contributed by atoms with E-state index in [0.717, 1.165) is 15.2 Å². The van der Waals surface area contributed by atoms with Gasteiger partial charge < -0.3 is 14.4 Å². The number of morpholine rings is 1. The molecule has 25 heavy (non-hydrogen) atoms. The van der Waals surface area contributed by atoms with E-state index in [0.29, 0.717) is 19.5 Å². The van der Waals surface area contributed by atoms with Crippen LogP contribution >= 0.6 is 11.3 Å². The van der Waals surface area contributed by atoms with Crippen LogP contribution in [0.15, 0.2) is 24.3 Å². The third-order valence-corrected chi connectivity index (χ3v) is 5.11. The SMILES string of the molecule is CC1CN(C(=O)COC(=O)CCc2nc3ccccc3s2)CC(C)O1. The fourth-order valence-corrected chi connectivity index (χ4v) is 3.89. The summed E-state index contributed by atoms with van der Waals surface area (Å²) in [5.41, 5.74) is 0.946. The van der Waals surface area contributed by atoms with E-state index in [-0.39, 0.29) is 37.1 Å². The quantitative estimate of drug-likeness (QED) is 0.764. The van der Waals surface area contributed by atoms with Crippen molar-refractivity contribution in [3.63, 3.8) is 0 Å².